The number of nitrogens with one attached hydrogen (secondary N) is 1. The Bertz CT molecular complexity index is 1030. The van der Waals surface area contributed by atoms with E-state index < -0.39 is 4.92 Å². The second-order valence-corrected chi connectivity index (χ2v) is 6.03. The van der Waals surface area contributed by atoms with Gasteiger partial charge in [-0.3, -0.25) is 19.9 Å². The summed E-state index contributed by atoms with van der Waals surface area (Å²) < 4.78 is 0. The number of amides is 1. The molecule has 0 atom stereocenters. The van der Waals surface area contributed by atoms with Gasteiger partial charge in [-0.15, -0.1) is 0 Å². The van der Waals surface area contributed by atoms with E-state index in [1.807, 2.05) is 0 Å². The summed E-state index contributed by atoms with van der Waals surface area (Å²) in [5, 5.41) is 14.3. The molecule has 134 valence electrons. The Morgan fingerprint density at radius 3 is 2.59 bits per heavy atom. The average molecular weight is 380 g/mol. The predicted molar refractivity (Wildman–Crippen MR) is 106 cm³/mol. The summed E-state index contributed by atoms with van der Waals surface area (Å²) in [6.07, 6.45) is 1.41. The molecular formula is C20H14ClN3O3. The van der Waals surface area contributed by atoms with E-state index >= 15 is 0 Å². The molecule has 0 bridgehead atoms. The lowest BCUT2D eigenvalue weighted by atomic mass is 10.1. The molecule has 0 saturated heterocycles. The van der Waals surface area contributed by atoms with E-state index in [2.05, 4.69) is 10.3 Å². The van der Waals surface area contributed by atoms with Crippen LogP contribution in [-0.4, -0.2) is 17.0 Å². The van der Waals surface area contributed by atoms with Crippen LogP contribution in [0.15, 0.2) is 77.8 Å². The minimum absolute atomic E-state index is 0.0314. The second kappa shape index (κ2) is 8.25. The Hall–Kier alpha value is -3.51. The number of rotatable bonds is 5. The number of nitro benzene ring substituents is 1. The van der Waals surface area contributed by atoms with Gasteiger partial charge < -0.3 is 5.32 Å². The molecule has 1 amide bonds. The normalized spacial score (nSPS) is 10.7. The van der Waals surface area contributed by atoms with Crippen LogP contribution in [0.1, 0.15) is 15.9 Å². The van der Waals surface area contributed by atoms with Crippen molar-refractivity contribution in [3.8, 4) is 0 Å². The van der Waals surface area contributed by atoms with Crippen molar-refractivity contribution in [3.63, 3.8) is 0 Å². The van der Waals surface area contributed by atoms with Crippen molar-refractivity contribution in [2.45, 2.75) is 0 Å². The summed E-state index contributed by atoms with van der Waals surface area (Å²) in [6.45, 7) is 0. The Morgan fingerprint density at radius 2 is 1.81 bits per heavy atom. The van der Waals surface area contributed by atoms with Gasteiger partial charge in [-0.2, -0.15) is 0 Å². The fraction of sp³-hybridized carbons (Fsp3) is 0. The molecule has 0 aliphatic rings. The topological polar surface area (TPSA) is 84.6 Å². The first-order chi connectivity index (χ1) is 13.0. The molecular weight excluding hydrogens is 366 g/mol. The van der Waals surface area contributed by atoms with E-state index in [-0.39, 0.29) is 11.6 Å². The fourth-order valence-electron chi connectivity index (χ4n) is 2.40. The second-order valence-electron chi connectivity index (χ2n) is 5.59. The molecule has 3 rings (SSSR count). The molecule has 3 aromatic carbocycles. The molecule has 27 heavy (non-hydrogen) atoms. The summed E-state index contributed by atoms with van der Waals surface area (Å²) in [5.41, 5.74) is 1.85. The number of benzene rings is 3. The van der Waals surface area contributed by atoms with Crippen LogP contribution < -0.4 is 5.32 Å². The maximum Gasteiger partial charge on any atom is 0.278 e. The first kappa shape index (κ1) is 18.3. The Kier molecular flexibility index (Phi) is 5.58. The predicted octanol–water partition coefficient (Wildman–Crippen LogP) is 5.25. The molecule has 0 fully saturated rings. The third kappa shape index (κ3) is 4.77. The standard InChI is InChI=1S/C20H14ClN3O3/c21-16-7-4-9-18(12-16)23-20(25)14-6-3-8-17(11-14)22-13-15-5-1-2-10-19(15)24(26)27/h1-13H,(H,23,25). The van der Waals surface area contributed by atoms with Crippen molar-refractivity contribution in [2.75, 3.05) is 5.32 Å². The van der Waals surface area contributed by atoms with Gasteiger partial charge in [-0.1, -0.05) is 35.9 Å². The highest BCUT2D eigenvalue weighted by molar-refractivity contribution is 6.31. The van der Waals surface area contributed by atoms with Crippen LogP contribution in [0.2, 0.25) is 5.02 Å². The number of aliphatic imine (C=N–C) groups is 1. The van der Waals surface area contributed by atoms with Gasteiger partial charge in [0.1, 0.15) is 0 Å². The first-order valence-electron chi connectivity index (χ1n) is 7.97. The van der Waals surface area contributed by atoms with Crippen molar-refractivity contribution < 1.29 is 9.72 Å². The smallest absolute Gasteiger partial charge is 0.278 e. The molecule has 0 aliphatic carbocycles. The minimum Gasteiger partial charge on any atom is -0.322 e. The quantitative estimate of drug-likeness (QED) is 0.373. The average Bonchev–Trinajstić information content (AvgIpc) is 2.67. The maximum absolute atomic E-state index is 12.4. The lowest BCUT2D eigenvalue weighted by Gasteiger charge is -2.06. The van der Waals surface area contributed by atoms with Gasteiger partial charge in [0, 0.05) is 28.6 Å². The summed E-state index contributed by atoms with van der Waals surface area (Å²) in [7, 11) is 0. The number of hydrogen-bond acceptors (Lipinski definition) is 4. The molecule has 0 radical (unpaired) electrons. The molecule has 1 N–H and O–H groups in total. The molecule has 7 heteroatoms. The maximum atomic E-state index is 12.4. The number of halogens is 1. The summed E-state index contributed by atoms with van der Waals surface area (Å²) in [6, 6.07) is 19.8. The van der Waals surface area contributed by atoms with Crippen LogP contribution in [-0.2, 0) is 0 Å². The number of hydrogen-bond donors (Lipinski definition) is 1. The molecule has 0 aromatic heterocycles. The molecule has 0 unspecified atom stereocenters. The van der Waals surface area contributed by atoms with E-state index in [1.165, 1.54) is 12.3 Å². The number of carbonyl (C=O) groups excluding carboxylic acids is 1. The minimum atomic E-state index is -0.462. The molecule has 0 heterocycles. The van der Waals surface area contributed by atoms with E-state index in [0.29, 0.717) is 27.5 Å². The number of carbonyl (C=O) groups is 1. The number of para-hydroxylation sites is 1. The number of nitrogens with zero attached hydrogens (tertiary/aromatic N) is 2. The Balaban J connectivity index is 1.79. The lowest BCUT2D eigenvalue weighted by molar-refractivity contribution is -0.385. The summed E-state index contributed by atoms with van der Waals surface area (Å²) in [5.74, 6) is -0.306. The SMILES string of the molecule is O=C(Nc1cccc(Cl)c1)c1cccc(N=Cc2ccccc2[N+](=O)[O-])c1. The zero-order chi connectivity index (χ0) is 19.2. The van der Waals surface area contributed by atoms with Crippen molar-refractivity contribution in [1.82, 2.24) is 0 Å². The molecule has 0 saturated carbocycles. The molecule has 6 nitrogen and oxygen atoms in total. The fourth-order valence-corrected chi connectivity index (χ4v) is 2.59. The zero-order valence-corrected chi connectivity index (χ0v) is 14.8. The zero-order valence-electron chi connectivity index (χ0n) is 14.0. The van der Waals surface area contributed by atoms with Crippen LogP contribution >= 0.6 is 11.6 Å². The van der Waals surface area contributed by atoms with E-state index in [0.717, 1.165) is 0 Å². The van der Waals surface area contributed by atoms with Crippen molar-refractivity contribution >= 4 is 40.8 Å². The van der Waals surface area contributed by atoms with Crippen LogP contribution in [0.5, 0.6) is 0 Å². The largest absolute Gasteiger partial charge is 0.322 e. The van der Waals surface area contributed by atoms with Crippen molar-refractivity contribution in [1.29, 1.82) is 0 Å². The highest BCUT2D eigenvalue weighted by Gasteiger charge is 2.10. The van der Waals surface area contributed by atoms with Gasteiger partial charge in [-0.25, -0.2) is 0 Å². The van der Waals surface area contributed by atoms with Gasteiger partial charge in [-0.05, 0) is 42.5 Å². The van der Waals surface area contributed by atoms with Gasteiger partial charge in [0.15, 0.2) is 0 Å². The van der Waals surface area contributed by atoms with E-state index in [1.54, 1.807) is 66.7 Å². The van der Waals surface area contributed by atoms with E-state index in [9.17, 15) is 14.9 Å². The highest BCUT2D eigenvalue weighted by atomic mass is 35.5. The molecule has 0 spiro atoms. The van der Waals surface area contributed by atoms with Gasteiger partial charge >= 0.3 is 0 Å². The van der Waals surface area contributed by atoms with Gasteiger partial charge in [0.2, 0.25) is 0 Å². The van der Waals surface area contributed by atoms with E-state index in [4.69, 9.17) is 11.6 Å². The van der Waals surface area contributed by atoms with Crippen LogP contribution in [0, 0.1) is 10.1 Å². The molecule has 3 aromatic rings. The highest BCUT2D eigenvalue weighted by Crippen LogP contribution is 2.20. The Morgan fingerprint density at radius 1 is 1.04 bits per heavy atom. The third-order valence-corrected chi connectivity index (χ3v) is 3.91. The van der Waals surface area contributed by atoms with Crippen molar-refractivity contribution in [2.24, 2.45) is 4.99 Å². The van der Waals surface area contributed by atoms with Crippen LogP contribution in [0.3, 0.4) is 0 Å². The van der Waals surface area contributed by atoms with Gasteiger partial charge in [0.25, 0.3) is 11.6 Å². The monoisotopic (exact) mass is 379 g/mol. The molecule has 0 aliphatic heterocycles. The van der Waals surface area contributed by atoms with Crippen LogP contribution in [0.25, 0.3) is 0 Å². The van der Waals surface area contributed by atoms with Crippen LogP contribution in [0.4, 0.5) is 17.1 Å². The third-order valence-electron chi connectivity index (χ3n) is 3.68. The van der Waals surface area contributed by atoms with Crippen molar-refractivity contribution in [3.05, 3.63) is 99.1 Å². The number of anilines is 1. The first-order valence-corrected chi connectivity index (χ1v) is 8.35. The lowest BCUT2D eigenvalue weighted by Crippen LogP contribution is -2.11. The summed E-state index contributed by atoms with van der Waals surface area (Å²) in [4.78, 5) is 27.2. The van der Waals surface area contributed by atoms with Gasteiger partial charge in [0.05, 0.1) is 16.2 Å². The number of nitro groups is 1. The Labute approximate surface area is 160 Å². The summed E-state index contributed by atoms with van der Waals surface area (Å²) >= 11 is 5.92.